The molecule has 0 spiro atoms. The van der Waals surface area contributed by atoms with Crippen LogP contribution in [0.5, 0.6) is 0 Å². The van der Waals surface area contributed by atoms with E-state index in [1.54, 1.807) is 6.07 Å². The molecule has 1 saturated carbocycles. The fraction of sp³-hybridized carbons (Fsp3) is 0.385. The third kappa shape index (κ3) is 2.25. The van der Waals surface area contributed by atoms with Gasteiger partial charge >= 0.3 is 12.1 Å². The van der Waals surface area contributed by atoms with Crippen molar-refractivity contribution in [2.45, 2.75) is 24.4 Å². The van der Waals surface area contributed by atoms with Gasteiger partial charge < -0.3 is 15.2 Å². The van der Waals surface area contributed by atoms with Crippen LogP contribution in [0, 0.1) is 5.82 Å². The molecule has 0 aromatic heterocycles. The first kappa shape index (κ1) is 13.3. The molecular weight excluding hydrogens is 253 g/mol. The first-order valence-corrected chi connectivity index (χ1v) is 5.86. The molecule has 5 nitrogen and oxygen atoms in total. The molecule has 1 amide bonds. The quantitative estimate of drug-likeness (QED) is 0.873. The number of hydrogen-bond acceptors (Lipinski definition) is 3. The largest absolute Gasteiger partial charge is 0.481 e. The maximum Gasteiger partial charge on any atom is 0.407 e. The molecule has 1 aromatic rings. The first-order valence-electron chi connectivity index (χ1n) is 5.86. The molecular formula is C13H14FNO4. The van der Waals surface area contributed by atoms with E-state index in [0.29, 0.717) is 0 Å². The Bertz CT molecular complexity index is 511. The first-order chi connectivity index (χ1) is 8.99. The molecule has 0 saturated heterocycles. The zero-order valence-electron chi connectivity index (χ0n) is 10.4. The van der Waals surface area contributed by atoms with Gasteiger partial charge in [0, 0.05) is 25.5 Å². The number of halogens is 1. The summed E-state index contributed by atoms with van der Waals surface area (Å²) in [6.07, 6.45) is -0.957. The van der Waals surface area contributed by atoms with E-state index in [-0.39, 0.29) is 18.4 Å². The fourth-order valence-corrected chi connectivity index (χ4v) is 2.37. The molecule has 102 valence electrons. The van der Waals surface area contributed by atoms with E-state index in [2.05, 4.69) is 5.32 Å². The molecule has 6 heteroatoms. The molecule has 2 rings (SSSR count). The van der Waals surface area contributed by atoms with Crippen LogP contribution in [0.3, 0.4) is 0 Å². The SMILES string of the molecule is CNC(=O)OC1CC(C(=O)O)(c2ccccc2F)C1. The van der Waals surface area contributed by atoms with E-state index in [1.807, 2.05) is 0 Å². The van der Waals surface area contributed by atoms with Crippen molar-refractivity contribution in [1.82, 2.24) is 5.32 Å². The normalized spacial score (nSPS) is 25.3. The lowest BCUT2D eigenvalue weighted by Gasteiger charge is -2.43. The van der Waals surface area contributed by atoms with E-state index in [9.17, 15) is 19.1 Å². The van der Waals surface area contributed by atoms with Crippen molar-refractivity contribution in [3.63, 3.8) is 0 Å². The summed E-state index contributed by atoms with van der Waals surface area (Å²) in [6, 6.07) is 5.79. The summed E-state index contributed by atoms with van der Waals surface area (Å²) >= 11 is 0. The van der Waals surface area contributed by atoms with Gasteiger partial charge in [0.25, 0.3) is 0 Å². The number of carbonyl (C=O) groups is 2. The molecule has 0 radical (unpaired) electrons. The second-order valence-corrected chi connectivity index (χ2v) is 4.55. The molecule has 2 N–H and O–H groups in total. The second kappa shape index (κ2) is 4.87. The van der Waals surface area contributed by atoms with Crippen LogP contribution in [-0.4, -0.2) is 30.3 Å². The molecule has 0 atom stereocenters. The lowest BCUT2D eigenvalue weighted by atomic mass is 9.62. The number of benzene rings is 1. The number of rotatable bonds is 3. The van der Waals surface area contributed by atoms with Gasteiger partial charge in [-0.05, 0) is 6.07 Å². The molecule has 19 heavy (non-hydrogen) atoms. The maximum absolute atomic E-state index is 13.7. The third-order valence-corrected chi connectivity index (χ3v) is 3.43. The molecule has 0 bridgehead atoms. The average molecular weight is 267 g/mol. The maximum atomic E-state index is 13.7. The Balaban J connectivity index is 2.18. The van der Waals surface area contributed by atoms with Crippen molar-refractivity contribution in [2.75, 3.05) is 7.05 Å². The number of ether oxygens (including phenoxy) is 1. The number of nitrogens with one attached hydrogen (secondary N) is 1. The highest BCUT2D eigenvalue weighted by Gasteiger charge is 2.54. The predicted molar refractivity (Wildman–Crippen MR) is 64.3 cm³/mol. The number of carboxylic acid groups (broad SMARTS) is 1. The molecule has 0 aliphatic heterocycles. The van der Waals surface area contributed by atoms with Crippen molar-refractivity contribution in [2.24, 2.45) is 0 Å². The molecule has 1 aliphatic rings. The number of amides is 1. The van der Waals surface area contributed by atoms with Crippen LogP contribution < -0.4 is 5.32 Å². The van der Waals surface area contributed by atoms with Crippen molar-refractivity contribution in [3.05, 3.63) is 35.6 Å². The van der Waals surface area contributed by atoms with Crippen molar-refractivity contribution in [3.8, 4) is 0 Å². The topological polar surface area (TPSA) is 75.6 Å². The summed E-state index contributed by atoms with van der Waals surface area (Å²) in [6.45, 7) is 0. The zero-order chi connectivity index (χ0) is 14.0. The Morgan fingerprint density at radius 2 is 2.05 bits per heavy atom. The van der Waals surface area contributed by atoms with Gasteiger partial charge in [-0.3, -0.25) is 4.79 Å². The van der Waals surface area contributed by atoms with Crippen LogP contribution in [0.1, 0.15) is 18.4 Å². The van der Waals surface area contributed by atoms with Crippen LogP contribution in [0.15, 0.2) is 24.3 Å². The van der Waals surface area contributed by atoms with E-state index in [4.69, 9.17) is 4.74 Å². The number of aliphatic carboxylic acids is 1. The minimum Gasteiger partial charge on any atom is -0.481 e. The van der Waals surface area contributed by atoms with Crippen LogP contribution in [-0.2, 0) is 14.9 Å². The molecule has 1 aromatic carbocycles. The third-order valence-electron chi connectivity index (χ3n) is 3.43. The van der Waals surface area contributed by atoms with Crippen molar-refractivity contribution >= 4 is 12.1 Å². The van der Waals surface area contributed by atoms with Gasteiger partial charge in [-0.2, -0.15) is 0 Å². The van der Waals surface area contributed by atoms with Crippen LogP contribution in [0.25, 0.3) is 0 Å². The zero-order valence-corrected chi connectivity index (χ0v) is 10.4. The van der Waals surface area contributed by atoms with Crippen molar-refractivity contribution in [1.29, 1.82) is 0 Å². The molecule has 1 fully saturated rings. The number of carbonyl (C=O) groups excluding carboxylic acids is 1. The van der Waals surface area contributed by atoms with Gasteiger partial charge in [-0.1, -0.05) is 18.2 Å². The van der Waals surface area contributed by atoms with Crippen LogP contribution in [0.2, 0.25) is 0 Å². The summed E-state index contributed by atoms with van der Waals surface area (Å²) < 4.78 is 18.7. The Labute approximate surface area is 109 Å². The van der Waals surface area contributed by atoms with Gasteiger partial charge in [0.15, 0.2) is 0 Å². The summed E-state index contributed by atoms with van der Waals surface area (Å²) in [5.41, 5.74) is -1.16. The van der Waals surface area contributed by atoms with Crippen LogP contribution in [0.4, 0.5) is 9.18 Å². The van der Waals surface area contributed by atoms with E-state index in [0.717, 1.165) is 0 Å². The van der Waals surface area contributed by atoms with Gasteiger partial charge in [-0.25, -0.2) is 9.18 Å². The summed E-state index contributed by atoms with van der Waals surface area (Å²) in [5.74, 6) is -1.65. The van der Waals surface area contributed by atoms with Gasteiger partial charge in [0.2, 0.25) is 0 Å². The Kier molecular flexibility index (Phi) is 3.42. The van der Waals surface area contributed by atoms with E-state index < -0.39 is 29.4 Å². The van der Waals surface area contributed by atoms with Gasteiger partial charge in [0.05, 0.1) is 0 Å². The fourth-order valence-electron chi connectivity index (χ4n) is 2.37. The number of alkyl carbamates (subject to hydrolysis) is 1. The number of hydrogen-bond donors (Lipinski definition) is 2. The Morgan fingerprint density at radius 3 is 2.58 bits per heavy atom. The van der Waals surface area contributed by atoms with Gasteiger partial charge in [-0.15, -0.1) is 0 Å². The number of carboxylic acids is 1. The second-order valence-electron chi connectivity index (χ2n) is 4.55. The van der Waals surface area contributed by atoms with Crippen molar-refractivity contribution < 1.29 is 23.8 Å². The average Bonchev–Trinajstić information content (AvgIpc) is 2.33. The highest BCUT2D eigenvalue weighted by Crippen LogP contribution is 2.46. The Hall–Kier alpha value is -2.11. The monoisotopic (exact) mass is 267 g/mol. The minimum atomic E-state index is -1.30. The smallest absolute Gasteiger partial charge is 0.407 e. The van der Waals surface area contributed by atoms with E-state index >= 15 is 0 Å². The van der Waals surface area contributed by atoms with Crippen LogP contribution >= 0.6 is 0 Å². The summed E-state index contributed by atoms with van der Waals surface area (Å²) in [4.78, 5) is 22.5. The lowest BCUT2D eigenvalue weighted by molar-refractivity contribution is -0.153. The summed E-state index contributed by atoms with van der Waals surface area (Å²) in [5, 5.41) is 11.6. The molecule has 0 unspecified atom stereocenters. The Morgan fingerprint density at radius 1 is 1.42 bits per heavy atom. The van der Waals surface area contributed by atoms with E-state index in [1.165, 1.54) is 25.2 Å². The van der Waals surface area contributed by atoms with Gasteiger partial charge in [0.1, 0.15) is 17.3 Å². The standard InChI is InChI=1S/C13H14FNO4/c1-15-12(18)19-8-6-13(7-8,11(16)17)9-4-2-3-5-10(9)14/h2-5,8H,6-7H2,1H3,(H,15,18)(H,16,17). The highest BCUT2D eigenvalue weighted by atomic mass is 19.1. The summed E-state index contributed by atoms with van der Waals surface area (Å²) in [7, 11) is 1.42. The predicted octanol–water partition coefficient (Wildman–Crippen LogP) is 1.67. The highest BCUT2D eigenvalue weighted by molar-refractivity contribution is 5.83. The minimum absolute atomic E-state index is 0.0800. The lowest BCUT2D eigenvalue weighted by Crippen LogP contribution is -2.53. The molecule has 0 heterocycles. The molecule has 1 aliphatic carbocycles.